The van der Waals surface area contributed by atoms with Crippen molar-refractivity contribution >= 4 is 63.5 Å². The van der Waals surface area contributed by atoms with Crippen LogP contribution in [0.4, 0.5) is 22.7 Å². The third-order valence-electron chi connectivity index (χ3n) is 9.21. The number of benzene rings is 4. The SMILES string of the molecule is CC1(C)C(=O)N(c2ccc(Cl)cc2)C2c3cc(Cl)ccc3N(C3N(c4ccccc4)C(=O)C3(C)C)C2C1=Nc1ccccc1. The molecule has 2 fully saturated rings. The third-order valence-corrected chi connectivity index (χ3v) is 9.69. The maximum absolute atomic E-state index is 14.7. The summed E-state index contributed by atoms with van der Waals surface area (Å²) in [5.41, 5.74) is 3.17. The summed E-state index contributed by atoms with van der Waals surface area (Å²) in [4.78, 5) is 39.8. The van der Waals surface area contributed by atoms with E-state index in [0.717, 1.165) is 34.0 Å². The van der Waals surface area contributed by atoms with E-state index in [2.05, 4.69) is 4.90 Å². The summed E-state index contributed by atoms with van der Waals surface area (Å²) < 4.78 is 0. The summed E-state index contributed by atoms with van der Waals surface area (Å²) in [7, 11) is 0. The molecular formula is C36H32Cl2N4O2. The van der Waals surface area contributed by atoms with Crippen LogP contribution in [0.2, 0.25) is 10.0 Å². The number of hydrogen-bond acceptors (Lipinski definition) is 4. The largest absolute Gasteiger partial charge is 0.339 e. The molecule has 7 rings (SSSR count). The first-order chi connectivity index (χ1) is 21.0. The summed E-state index contributed by atoms with van der Waals surface area (Å²) in [6, 6.07) is 31.8. The number of nitrogens with zero attached hydrogens (tertiary/aromatic N) is 4. The molecule has 3 aliphatic rings. The van der Waals surface area contributed by atoms with Crippen LogP contribution in [0.1, 0.15) is 39.3 Å². The molecule has 3 heterocycles. The van der Waals surface area contributed by atoms with Crippen molar-refractivity contribution < 1.29 is 9.59 Å². The molecule has 0 radical (unpaired) electrons. The minimum absolute atomic E-state index is 0.0370. The van der Waals surface area contributed by atoms with Crippen molar-refractivity contribution in [2.45, 2.75) is 45.9 Å². The molecule has 8 heteroatoms. The van der Waals surface area contributed by atoms with Gasteiger partial charge in [0.15, 0.2) is 0 Å². The average Bonchev–Trinajstić information content (AvgIpc) is 3.32. The number of β-lactam (4-membered cyclic amide) rings is 1. The van der Waals surface area contributed by atoms with Crippen LogP contribution in [-0.2, 0) is 9.59 Å². The predicted molar refractivity (Wildman–Crippen MR) is 178 cm³/mol. The highest BCUT2D eigenvalue weighted by atomic mass is 35.5. The molecule has 4 aromatic rings. The van der Waals surface area contributed by atoms with Crippen molar-refractivity contribution in [3.63, 3.8) is 0 Å². The summed E-state index contributed by atoms with van der Waals surface area (Å²) >= 11 is 13.0. The molecule has 0 aliphatic carbocycles. The second kappa shape index (κ2) is 10.2. The number of para-hydroxylation sites is 2. The summed E-state index contributed by atoms with van der Waals surface area (Å²) in [6.07, 6.45) is -0.357. The highest BCUT2D eigenvalue weighted by molar-refractivity contribution is 6.31. The maximum atomic E-state index is 14.7. The Labute approximate surface area is 267 Å². The number of piperidine rings is 1. The van der Waals surface area contributed by atoms with Crippen molar-refractivity contribution in [3.8, 4) is 0 Å². The van der Waals surface area contributed by atoms with Crippen LogP contribution in [0.3, 0.4) is 0 Å². The molecule has 0 bridgehead atoms. The summed E-state index contributed by atoms with van der Waals surface area (Å²) in [6.45, 7) is 7.87. The Balaban J connectivity index is 1.51. The van der Waals surface area contributed by atoms with Gasteiger partial charge in [-0.2, -0.15) is 0 Å². The highest BCUT2D eigenvalue weighted by Gasteiger charge is 2.65. The first-order valence-electron chi connectivity index (χ1n) is 14.7. The molecule has 2 amide bonds. The van der Waals surface area contributed by atoms with E-state index >= 15 is 0 Å². The smallest absolute Gasteiger partial charge is 0.239 e. The lowest BCUT2D eigenvalue weighted by Crippen LogP contribution is -2.76. The normalized spacial score (nSPS) is 24.3. The number of carbonyl (C=O) groups excluding carboxylic acids is 2. The standard InChI is InChI=1S/C36H32Cl2N4O2/c1-35(2)31(39-24-11-7-5-8-12-24)30-29(40(33(35)43)26-18-15-22(37)16-19-26)27-21-23(38)17-20-28(27)42(30)32-36(3,4)34(44)41(32)25-13-9-6-10-14-25/h5-21,29-30,32H,1-4H3. The van der Waals surface area contributed by atoms with Gasteiger partial charge >= 0.3 is 0 Å². The Morgan fingerprint density at radius 3 is 1.91 bits per heavy atom. The van der Waals surface area contributed by atoms with Crippen molar-refractivity contribution in [1.29, 1.82) is 0 Å². The monoisotopic (exact) mass is 622 g/mol. The number of rotatable bonds is 4. The zero-order valence-electron chi connectivity index (χ0n) is 24.9. The topological polar surface area (TPSA) is 56.2 Å². The summed E-state index contributed by atoms with van der Waals surface area (Å²) in [5, 5.41) is 1.16. The molecule has 3 unspecified atom stereocenters. The molecule has 222 valence electrons. The zero-order chi connectivity index (χ0) is 31.0. The summed E-state index contributed by atoms with van der Waals surface area (Å²) in [5.74, 6) is -0.0395. The lowest BCUT2D eigenvalue weighted by atomic mass is 9.72. The van der Waals surface area contributed by atoms with E-state index in [0.29, 0.717) is 10.0 Å². The molecule has 44 heavy (non-hydrogen) atoms. The second-order valence-corrected chi connectivity index (χ2v) is 13.6. The molecule has 0 saturated carbocycles. The molecule has 6 nitrogen and oxygen atoms in total. The molecule has 0 aromatic heterocycles. The van der Waals surface area contributed by atoms with Gasteiger partial charge in [0.05, 0.1) is 34.3 Å². The molecule has 3 aliphatic heterocycles. The van der Waals surface area contributed by atoms with Gasteiger partial charge in [-0.05, 0) is 94.4 Å². The number of fused-ring (bicyclic) bond motifs is 3. The molecule has 2 saturated heterocycles. The van der Waals surface area contributed by atoms with Gasteiger partial charge in [-0.25, -0.2) is 0 Å². The average molecular weight is 624 g/mol. The van der Waals surface area contributed by atoms with Gasteiger partial charge in [-0.15, -0.1) is 0 Å². The Morgan fingerprint density at radius 2 is 1.25 bits per heavy atom. The van der Waals surface area contributed by atoms with Crippen LogP contribution in [0.25, 0.3) is 0 Å². The minimum atomic E-state index is -0.990. The first-order valence-corrected chi connectivity index (χ1v) is 15.5. The number of anilines is 3. The Hall–Kier alpha value is -4.13. The number of aliphatic imine (C=N–C) groups is 1. The van der Waals surface area contributed by atoms with Crippen LogP contribution >= 0.6 is 23.2 Å². The fourth-order valence-electron chi connectivity index (χ4n) is 7.06. The molecule has 0 N–H and O–H groups in total. The predicted octanol–water partition coefficient (Wildman–Crippen LogP) is 8.47. The van der Waals surface area contributed by atoms with Crippen molar-refractivity contribution in [2.24, 2.45) is 15.8 Å². The highest BCUT2D eigenvalue weighted by Crippen LogP contribution is 2.57. The van der Waals surface area contributed by atoms with Crippen molar-refractivity contribution in [1.82, 2.24) is 0 Å². The van der Waals surface area contributed by atoms with Crippen molar-refractivity contribution in [2.75, 3.05) is 14.7 Å². The van der Waals surface area contributed by atoms with E-state index in [9.17, 15) is 9.59 Å². The van der Waals surface area contributed by atoms with Crippen LogP contribution < -0.4 is 14.7 Å². The zero-order valence-corrected chi connectivity index (χ0v) is 26.4. The first kappa shape index (κ1) is 28.6. The number of amides is 2. The Kier molecular flexibility index (Phi) is 6.65. The molecule has 0 spiro atoms. The van der Waals surface area contributed by atoms with Gasteiger partial charge in [0.25, 0.3) is 0 Å². The van der Waals surface area contributed by atoms with Crippen LogP contribution in [0.5, 0.6) is 0 Å². The van der Waals surface area contributed by atoms with E-state index in [1.807, 2.05) is 128 Å². The van der Waals surface area contributed by atoms with E-state index in [-0.39, 0.29) is 18.0 Å². The number of carbonyl (C=O) groups is 2. The fourth-order valence-corrected chi connectivity index (χ4v) is 7.36. The van der Waals surface area contributed by atoms with Crippen LogP contribution in [-0.4, -0.2) is 29.7 Å². The van der Waals surface area contributed by atoms with Gasteiger partial charge in [-0.1, -0.05) is 59.6 Å². The molecule has 3 atom stereocenters. The van der Waals surface area contributed by atoms with Crippen LogP contribution in [0.15, 0.2) is 108 Å². The van der Waals surface area contributed by atoms with Gasteiger partial charge in [0.1, 0.15) is 6.17 Å². The fraction of sp³-hybridized carbons (Fsp3) is 0.250. The number of halogens is 2. The second-order valence-electron chi connectivity index (χ2n) is 12.7. The van der Waals surface area contributed by atoms with E-state index in [1.54, 1.807) is 12.1 Å². The third kappa shape index (κ3) is 4.19. The van der Waals surface area contributed by atoms with Gasteiger partial charge < -0.3 is 9.80 Å². The Bertz CT molecular complexity index is 1810. The van der Waals surface area contributed by atoms with Crippen molar-refractivity contribution in [3.05, 3.63) is 119 Å². The molecular weight excluding hydrogens is 591 g/mol. The maximum Gasteiger partial charge on any atom is 0.239 e. The van der Waals surface area contributed by atoms with Gasteiger partial charge in [0, 0.05) is 32.7 Å². The lowest BCUT2D eigenvalue weighted by Gasteiger charge is -2.59. The van der Waals surface area contributed by atoms with Crippen LogP contribution in [0, 0.1) is 10.8 Å². The Morgan fingerprint density at radius 1 is 0.659 bits per heavy atom. The number of hydrogen-bond donors (Lipinski definition) is 0. The van der Waals surface area contributed by atoms with E-state index < -0.39 is 22.9 Å². The lowest BCUT2D eigenvalue weighted by molar-refractivity contribution is -0.137. The van der Waals surface area contributed by atoms with Gasteiger partial charge in [-0.3, -0.25) is 19.5 Å². The molecule has 4 aromatic carbocycles. The van der Waals surface area contributed by atoms with Gasteiger partial charge in [0.2, 0.25) is 11.8 Å². The quantitative estimate of drug-likeness (QED) is 0.214. The minimum Gasteiger partial charge on any atom is -0.339 e. The van der Waals surface area contributed by atoms with E-state index in [1.165, 1.54) is 0 Å². The van der Waals surface area contributed by atoms with E-state index in [4.69, 9.17) is 28.2 Å².